The molecule has 34 heavy (non-hydrogen) atoms. The van der Waals surface area contributed by atoms with E-state index in [1.807, 2.05) is 11.5 Å². The van der Waals surface area contributed by atoms with Gasteiger partial charge in [0.05, 0.1) is 16.9 Å². The number of hydrogen-bond donors (Lipinski definition) is 3. The Kier molecular flexibility index (Phi) is 5.79. The third kappa shape index (κ3) is 4.15. The molecule has 2 aromatic heterocycles. The molecule has 8 nitrogen and oxygen atoms in total. The molecule has 1 aromatic carbocycles. The summed E-state index contributed by atoms with van der Waals surface area (Å²) in [5.41, 5.74) is 6.11. The molecule has 180 valence electrons. The van der Waals surface area contributed by atoms with Gasteiger partial charge in [-0.1, -0.05) is 18.5 Å². The quantitative estimate of drug-likeness (QED) is 0.445. The van der Waals surface area contributed by atoms with Crippen molar-refractivity contribution in [2.24, 2.45) is 11.1 Å². The second-order valence-corrected chi connectivity index (χ2v) is 9.91. The Morgan fingerprint density at radius 3 is 2.56 bits per heavy atom. The van der Waals surface area contributed by atoms with Crippen LogP contribution in [-0.2, 0) is 4.79 Å². The van der Waals surface area contributed by atoms with Crippen molar-refractivity contribution in [3.8, 4) is 0 Å². The number of carbonyl (C=O) groups is 1. The second-order valence-electron chi connectivity index (χ2n) is 9.51. The first kappa shape index (κ1) is 22.8. The molecule has 5 rings (SSSR count). The topological polar surface area (TPSA) is 111 Å². The molecule has 11 heteroatoms. The Labute approximate surface area is 200 Å². The molecule has 2 heterocycles. The molecular formula is C23H26ClF2N7O. The summed E-state index contributed by atoms with van der Waals surface area (Å²) in [6, 6.07) is 2.10. The van der Waals surface area contributed by atoms with Crippen LogP contribution in [0, 0.1) is 17.0 Å². The molecule has 2 aliphatic carbocycles. The van der Waals surface area contributed by atoms with Crippen LogP contribution in [0.25, 0.3) is 11.2 Å². The van der Waals surface area contributed by atoms with E-state index >= 15 is 0 Å². The molecule has 0 aliphatic heterocycles. The number of hydrogen-bond acceptors (Lipinski definition) is 6. The number of nitrogens with two attached hydrogens (primary N) is 1. The van der Waals surface area contributed by atoms with Gasteiger partial charge in [0, 0.05) is 23.6 Å². The minimum Gasteiger partial charge on any atom is -0.369 e. The van der Waals surface area contributed by atoms with E-state index in [1.54, 1.807) is 6.20 Å². The number of fused-ring (bicyclic) bond motifs is 1. The van der Waals surface area contributed by atoms with Crippen LogP contribution in [0.2, 0.25) is 5.02 Å². The number of amides is 1. The lowest BCUT2D eigenvalue weighted by Gasteiger charge is -2.35. The number of primary amides is 1. The summed E-state index contributed by atoms with van der Waals surface area (Å²) in [6.07, 6.45) is 7.49. The number of halogens is 3. The highest BCUT2D eigenvalue weighted by Gasteiger charge is 2.38. The smallest absolute Gasteiger partial charge is 0.224 e. The number of aromatic nitrogens is 4. The van der Waals surface area contributed by atoms with Crippen molar-refractivity contribution in [2.45, 2.75) is 64.0 Å². The van der Waals surface area contributed by atoms with Gasteiger partial charge in [0.2, 0.25) is 17.8 Å². The van der Waals surface area contributed by atoms with Gasteiger partial charge in [0.25, 0.3) is 0 Å². The van der Waals surface area contributed by atoms with Gasteiger partial charge in [0.15, 0.2) is 11.5 Å². The molecule has 2 aliphatic rings. The van der Waals surface area contributed by atoms with Crippen LogP contribution in [0.4, 0.5) is 26.4 Å². The average Bonchev–Trinajstić information content (AvgIpc) is 3.11. The zero-order valence-electron chi connectivity index (χ0n) is 18.7. The Bertz CT molecular complexity index is 1230. The van der Waals surface area contributed by atoms with Crippen LogP contribution in [0.3, 0.4) is 0 Å². The van der Waals surface area contributed by atoms with Crippen LogP contribution in [-0.4, -0.2) is 31.5 Å². The molecular weight excluding hydrogens is 464 g/mol. The molecule has 4 N–H and O–H groups in total. The number of anilines is 3. The van der Waals surface area contributed by atoms with Crippen LogP contribution < -0.4 is 16.4 Å². The maximum absolute atomic E-state index is 14.6. The highest BCUT2D eigenvalue weighted by Crippen LogP contribution is 2.43. The standard InChI is InChI=1S/C23H26ClF2N7O/c1-23(20(27)34)7-5-14(6-8-23)33-19-17(11-28-21(32-19)29-13-3-2-4-13)30-22(33)31-18-15(24)9-12(25)10-16(18)26/h9-11,13-14H,2-8H2,1H3,(H2,27,34)(H,30,31)(H,28,29,32)/t14-,23+. The summed E-state index contributed by atoms with van der Waals surface area (Å²) < 4.78 is 30.0. The highest BCUT2D eigenvalue weighted by atomic mass is 35.5. The fourth-order valence-electron chi connectivity index (χ4n) is 4.65. The van der Waals surface area contributed by atoms with Crippen molar-refractivity contribution >= 4 is 46.3 Å². The minimum atomic E-state index is -0.827. The van der Waals surface area contributed by atoms with Crippen LogP contribution in [0.1, 0.15) is 57.9 Å². The Hall–Kier alpha value is -3.01. The predicted octanol–water partition coefficient (Wildman–Crippen LogP) is 5.07. The van der Waals surface area contributed by atoms with E-state index in [1.165, 1.54) is 6.42 Å². The van der Waals surface area contributed by atoms with Crippen molar-refractivity contribution in [3.05, 3.63) is 35.0 Å². The Morgan fingerprint density at radius 2 is 1.94 bits per heavy atom. The number of rotatable bonds is 6. The monoisotopic (exact) mass is 489 g/mol. The lowest BCUT2D eigenvalue weighted by molar-refractivity contribution is -0.128. The van der Waals surface area contributed by atoms with E-state index in [0.717, 1.165) is 25.0 Å². The van der Waals surface area contributed by atoms with E-state index < -0.39 is 17.0 Å². The summed E-state index contributed by atoms with van der Waals surface area (Å²) >= 11 is 6.13. The summed E-state index contributed by atoms with van der Waals surface area (Å²) in [5.74, 6) is -1.07. The Balaban J connectivity index is 1.55. The highest BCUT2D eigenvalue weighted by molar-refractivity contribution is 6.33. The lowest BCUT2D eigenvalue weighted by atomic mass is 9.73. The van der Waals surface area contributed by atoms with Crippen molar-refractivity contribution in [1.29, 1.82) is 0 Å². The fraction of sp³-hybridized carbons (Fsp3) is 0.478. The van der Waals surface area contributed by atoms with Gasteiger partial charge < -0.3 is 16.4 Å². The van der Waals surface area contributed by atoms with Crippen molar-refractivity contribution in [1.82, 2.24) is 19.5 Å². The molecule has 3 aromatic rings. The van der Waals surface area contributed by atoms with Crippen LogP contribution in [0.5, 0.6) is 0 Å². The molecule has 2 fully saturated rings. The van der Waals surface area contributed by atoms with Gasteiger partial charge in [-0.05, 0) is 51.0 Å². The maximum Gasteiger partial charge on any atom is 0.224 e. The fourth-order valence-corrected chi connectivity index (χ4v) is 4.89. The van der Waals surface area contributed by atoms with E-state index in [2.05, 4.69) is 20.6 Å². The first-order valence-electron chi connectivity index (χ1n) is 11.5. The molecule has 0 unspecified atom stereocenters. The number of nitrogens with zero attached hydrogens (tertiary/aromatic N) is 4. The van der Waals surface area contributed by atoms with E-state index in [0.29, 0.717) is 54.8 Å². The summed E-state index contributed by atoms with van der Waals surface area (Å²) in [7, 11) is 0. The Morgan fingerprint density at radius 1 is 1.21 bits per heavy atom. The predicted molar refractivity (Wildman–Crippen MR) is 126 cm³/mol. The van der Waals surface area contributed by atoms with E-state index in [4.69, 9.17) is 22.3 Å². The van der Waals surface area contributed by atoms with Crippen molar-refractivity contribution in [3.63, 3.8) is 0 Å². The molecule has 0 bridgehead atoms. The van der Waals surface area contributed by atoms with Crippen LogP contribution in [0.15, 0.2) is 18.3 Å². The molecule has 0 atom stereocenters. The summed E-state index contributed by atoms with van der Waals surface area (Å²) in [5, 5.41) is 6.19. The average molecular weight is 490 g/mol. The number of carbonyl (C=O) groups excluding carboxylic acids is 1. The largest absolute Gasteiger partial charge is 0.369 e. The second kappa shape index (κ2) is 8.65. The number of imidazole rings is 1. The van der Waals surface area contributed by atoms with Crippen molar-refractivity contribution in [2.75, 3.05) is 10.6 Å². The summed E-state index contributed by atoms with van der Waals surface area (Å²) in [4.78, 5) is 25.7. The van der Waals surface area contributed by atoms with Gasteiger partial charge in [-0.15, -0.1) is 0 Å². The van der Waals surface area contributed by atoms with Gasteiger partial charge >= 0.3 is 0 Å². The normalized spacial score (nSPS) is 23.0. The molecule has 0 radical (unpaired) electrons. The lowest BCUT2D eigenvalue weighted by Crippen LogP contribution is -2.38. The minimum absolute atomic E-state index is 0.0614. The third-order valence-electron chi connectivity index (χ3n) is 7.13. The zero-order valence-corrected chi connectivity index (χ0v) is 19.5. The van der Waals surface area contributed by atoms with E-state index in [9.17, 15) is 13.6 Å². The SMILES string of the molecule is C[C@]1(C(N)=O)CC[C@@H](n2c(Nc3c(F)cc(F)cc3Cl)nc3cnc(NC4CCC4)nc32)CC1. The van der Waals surface area contributed by atoms with E-state index in [-0.39, 0.29) is 22.7 Å². The van der Waals surface area contributed by atoms with Gasteiger partial charge in [0.1, 0.15) is 11.3 Å². The summed E-state index contributed by atoms with van der Waals surface area (Å²) in [6.45, 7) is 1.88. The zero-order chi connectivity index (χ0) is 24.0. The molecule has 0 saturated heterocycles. The number of benzene rings is 1. The first-order valence-corrected chi connectivity index (χ1v) is 11.8. The van der Waals surface area contributed by atoms with Crippen LogP contribution >= 0.6 is 11.6 Å². The number of nitrogens with one attached hydrogen (secondary N) is 2. The molecule has 1 amide bonds. The first-order chi connectivity index (χ1) is 16.2. The van der Waals surface area contributed by atoms with Gasteiger partial charge in [-0.2, -0.15) is 4.98 Å². The maximum atomic E-state index is 14.6. The van der Waals surface area contributed by atoms with Crippen molar-refractivity contribution < 1.29 is 13.6 Å². The third-order valence-corrected chi connectivity index (χ3v) is 7.43. The van der Waals surface area contributed by atoms with Gasteiger partial charge in [-0.25, -0.2) is 18.7 Å². The molecule has 2 saturated carbocycles. The van der Waals surface area contributed by atoms with Gasteiger partial charge in [-0.3, -0.25) is 9.36 Å². The molecule has 0 spiro atoms.